The largest absolute Gasteiger partial charge is 0.314 e. The smallest absolute Gasteiger partial charge is 0.300 e. The molecule has 0 saturated carbocycles. The number of hydrogen-bond donors (Lipinski definition) is 1. The van der Waals surface area contributed by atoms with E-state index in [9.17, 15) is 4.79 Å². The highest BCUT2D eigenvalue weighted by Gasteiger charge is 2.01. The Morgan fingerprint density at radius 3 is 3.00 bits per heavy atom. The molecule has 0 atom stereocenters. The van der Waals surface area contributed by atoms with Crippen LogP contribution in [0.3, 0.4) is 0 Å². The number of nitrogens with zero attached hydrogens (tertiary/aromatic N) is 1. The van der Waals surface area contributed by atoms with E-state index >= 15 is 0 Å². The van der Waals surface area contributed by atoms with Crippen LogP contribution < -0.4 is 5.32 Å². The highest BCUT2D eigenvalue weighted by molar-refractivity contribution is 9.10. The summed E-state index contributed by atoms with van der Waals surface area (Å²) < 4.78 is 0.601. The Morgan fingerprint density at radius 2 is 2.46 bits per heavy atom. The Bertz CT molecular complexity index is 386. The Kier molecular flexibility index (Phi) is 3.29. The van der Waals surface area contributed by atoms with Gasteiger partial charge in [0, 0.05) is 0 Å². The maximum atomic E-state index is 10.8. The van der Waals surface area contributed by atoms with Crippen LogP contribution in [-0.2, 0) is 4.79 Å². The molecule has 0 spiro atoms. The summed E-state index contributed by atoms with van der Waals surface area (Å²) in [6.07, 6.45) is 6.29. The first-order valence-corrected chi connectivity index (χ1v) is 4.39. The molecule has 1 heterocycles. The van der Waals surface area contributed by atoms with Gasteiger partial charge in [0.25, 0.3) is 5.91 Å². The summed E-state index contributed by atoms with van der Waals surface area (Å²) in [7, 11) is 0. The average Bonchev–Trinajstić information content (AvgIpc) is 2.11. The number of hydrogen-bond acceptors (Lipinski definition) is 2. The summed E-state index contributed by atoms with van der Waals surface area (Å²) in [4.78, 5) is 14.6. The van der Waals surface area contributed by atoms with Gasteiger partial charge >= 0.3 is 0 Å². The van der Waals surface area contributed by atoms with Gasteiger partial charge in [-0.15, -0.1) is 6.42 Å². The molecule has 1 N–H and O–H groups in total. The molecule has 1 amide bonds. The topological polar surface area (TPSA) is 42.0 Å². The molecule has 0 fully saturated rings. The first-order valence-electron chi connectivity index (χ1n) is 3.22. The molecule has 0 aliphatic heterocycles. The van der Waals surface area contributed by atoms with Gasteiger partial charge in [0.05, 0.1) is 16.4 Å². The van der Waals surface area contributed by atoms with E-state index in [0.717, 1.165) is 0 Å². The summed E-state index contributed by atoms with van der Waals surface area (Å²) in [5.74, 6) is 1.40. The van der Waals surface area contributed by atoms with Crippen LogP contribution in [0.15, 0.2) is 16.7 Å². The fraction of sp³-hybridized carbons (Fsp3) is 0. The molecule has 66 valence electrons. The predicted octanol–water partition coefficient (Wildman–Crippen LogP) is 2.07. The van der Waals surface area contributed by atoms with Crippen LogP contribution in [0.2, 0.25) is 5.15 Å². The minimum atomic E-state index is -0.518. The number of amides is 1. The van der Waals surface area contributed by atoms with Gasteiger partial charge < -0.3 is 5.32 Å². The molecule has 0 saturated heterocycles. The Morgan fingerprint density at radius 1 is 1.77 bits per heavy atom. The highest BCUT2D eigenvalue weighted by Crippen LogP contribution is 2.22. The van der Waals surface area contributed by atoms with E-state index in [1.807, 2.05) is 5.92 Å². The van der Waals surface area contributed by atoms with Gasteiger partial charge in [-0.3, -0.25) is 4.79 Å². The quantitative estimate of drug-likeness (QED) is 0.620. The van der Waals surface area contributed by atoms with Crippen molar-refractivity contribution in [1.82, 2.24) is 4.98 Å². The maximum Gasteiger partial charge on any atom is 0.300 e. The lowest BCUT2D eigenvalue weighted by atomic mass is 10.4. The number of pyridine rings is 1. The molecular formula is C8H4BrClN2O. The number of carbonyl (C=O) groups excluding carboxylic acids is 1. The third-order valence-electron chi connectivity index (χ3n) is 1.19. The van der Waals surface area contributed by atoms with Gasteiger partial charge in [-0.1, -0.05) is 11.6 Å². The summed E-state index contributed by atoms with van der Waals surface area (Å²) in [6.45, 7) is 0. The zero-order chi connectivity index (χ0) is 9.84. The summed E-state index contributed by atoms with van der Waals surface area (Å²) in [5.41, 5.74) is 0.499. The van der Waals surface area contributed by atoms with Crippen molar-refractivity contribution in [2.75, 3.05) is 5.32 Å². The van der Waals surface area contributed by atoms with Gasteiger partial charge in [0.1, 0.15) is 5.15 Å². The van der Waals surface area contributed by atoms with Crippen LogP contribution in [0.5, 0.6) is 0 Å². The van der Waals surface area contributed by atoms with Crippen molar-refractivity contribution in [2.24, 2.45) is 0 Å². The Balaban J connectivity index is 2.87. The minimum Gasteiger partial charge on any atom is -0.314 e. The first-order chi connectivity index (χ1) is 6.13. The van der Waals surface area contributed by atoms with Gasteiger partial charge in [-0.05, 0) is 27.9 Å². The second-order valence-corrected chi connectivity index (χ2v) is 3.31. The maximum absolute atomic E-state index is 10.8. The monoisotopic (exact) mass is 258 g/mol. The van der Waals surface area contributed by atoms with Crippen molar-refractivity contribution in [3.63, 3.8) is 0 Å². The lowest BCUT2D eigenvalue weighted by molar-refractivity contribution is -0.111. The van der Waals surface area contributed by atoms with Crippen LogP contribution in [0, 0.1) is 12.3 Å². The van der Waals surface area contributed by atoms with E-state index in [-0.39, 0.29) is 0 Å². The Labute approximate surface area is 88.6 Å². The van der Waals surface area contributed by atoms with E-state index in [4.69, 9.17) is 18.0 Å². The number of nitrogens with one attached hydrogen (secondary N) is 1. The lowest BCUT2D eigenvalue weighted by Crippen LogP contribution is -2.08. The average molecular weight is 259 g/mol. The number of anilines is 1. The second kappa shape index (κ2) is 4.26. The van der Waals surface area contributed by atoms with Crippen molar-refractivity contribution >= 4 is 39.1 Å². The van der Waals surface area contributed by atoms with Crippen molar-refractivity contribution in [3.8, 4) is 12.3 Å². The fourth-order valence-corrected chi connectivity index (χ4v) is 1.11. The van der Waals surface area contributed by atoms with Crippen molar-refractivity contribution in [2.45, 2.75) is 0 Å². The van der Waals surface area contributed by atoms with Crippen LogP contribution in [0.25, 0.3) is 0 Å². The van der Waals surface area contributed by atoms with E-state index in [1.54, 1.807) is 6.07 Å². The second-order valence-electron chi connectivity index (χ2n) is 2.10. The third kappa shape index (κ3) is 2.72. The van der Waals surface area contributed by atoms with E-state index in [0.29, 0.717) is 15.3 Å². The molecule has 1 aromatic heterocycles. The Hall–Kier alpha value is -1.05. The number of rotatable bonds is 1. The molecule has 5 heteroatoms. The SMILES string of the molecule is C#CC(=O)Nc1cnc(Cl)c(Br)c1. The van der Waals surface area contributed by atoms with Gasteiger partial charge in [0.15, 0.2) is 0 Å². The van der Waals surface area contributed by atoms with Crippen molar-refractivity contribution in [3.05, 3.63) is 21.9 Å². The zero-order valence-corrected chi connectivity index (χ0v) is 8.69. The molecular weight excluding hydrogens is 255 g/mol. The fourth-order valence-electron chi connectivity index (χ4n) is 0.657. The summed E-state index contributed by atoms with van der Waals surface area (Å²) in [6, 6.07) is 1.62. The zero-order valence-electron chi connectivity index (χ0n) is 6.34. The molecule has 0 bridgehead atoms. The molecule has 0 aliphatic rings. The van der Waals surface area contributed by atoms with Crippen LogP contribution in [-0.4, -0.2) is 10.9 Å². The van der Waals surface area contributed by atoms with Gasteiger partial charge in [0.2, 0.25) is 0 Å². The summed E-state index contributed by atoms with van der Waals surface area (Å²) in [5, 5.41) is 2.77. The first kappa shape index (κ1) is 10.0. The van der Waals surface area contributed by atoms with Crippen molar-refractivity contribution < 1.29 is 4.79 Å². The van der Waals surface area contributed by atoms with Crippen LogP contribution >= 0.6 is 27.5 Å². The van der Waals surface area contributed by atoms with E-state index < -0.39 is 5.91 Å². The standard InChI is InChI=1S/C8H4BrClN2O/c1-2-7(13)12-5-3-6(9)8(10)11-4-5/h1,3-4H,(H,12,13). The van der Waals surface area contributed by atoms with Gasteiger partial charge in [-0.25, -0.2) is 4.98 Å². The molecule has 3 nitrogen and oxygen atoms in total. The molecule has 0 aliphatic carbocycles. The lowest BCUT2D eigenvalue weighted by Gasteiger charge is -2.01. The normalized spacial score (nSPS) is 9.00. The molecule has 13 heavy (non-hydrogen) atoms. The minimum absolute atomic E-state index is 0.332. The molecule has 0 unspecified atom stereocenters. The molecule has 0 aromatic carbocycles. The van der Waals surface area contributed by atoms with Gasteiger partial charge in [-0.2, -0.15) is 0 Å². The molecule has 1 rings (SSSR count). The number of aromatic nitrogens is 1. The van der Waals surface area contributed by atoms with Crippen LogP contribution in [0.4, 0.5) is 5.69 Å². The molecule has 1 aromatic rings. The number of terminal acetylenes is 1. The third-order valence-corrected chi connectivity index (χ3v) is 2.32. The van der Waals surface area contributed by atoms with E-state index in [2.05, 4.69) is 26.2 Å². The van der Waals surface area contributed by atoms with Crippen LogP contribution in [0.1, 0.15) is 0 Å². The number of carbonyl (C=O) groups is 1. The predicted molar refractivity (Wildman–Crippen MR) is 54.4 cm³/mol. The molecule has 0 radical (unpaired) electrons. The number of halogens is 2. The van der Waals surface area contributed by atoms with Crippen molar-refractivity contribution in [1.29, 1.82) is 0 Å². The van der Waals surface area contributed by atoms with E-state index in [1.165, 1.54) is 6.20 Å². The highest BCUT2D eigenvalue weighted by atomic mass is 79.9. The summed E-state index contributed by atoms with van der Waals surface area (Å²) >= 11 is 8.80.